The van der Waals surface area contributed by atoms with Gasteiger partial charge in [-0.25, -0.2) is 9.78 Å². The van der Waals surface area contributed by atoms with Crippen molar-refractivity contribution in [2.45, 2.75) is 65.1 Å². The molecule has 1 atom stereocenters. The van der Waals surface area contributed by atoms with Crippen LogP contribution in [0, 0.1) is 11.3 Å². The number of ether oxygens (including phenoxy) is 2. The molecule has 3 saturated heterocycles. The molecule has 7 rings (SSSR count). The number of carbonyl (C=O) groups excluding carboxylic acids is 3. The first-order valence-corrected chi connectivity index (χ1v) is 19.2. The number of alkyl carbamates (subject to hydrolysis) is 1. The highest BCUT2D eigenvalue weighted by Gasteiger charge is 2.54. The number of halogens is 2. The Bertz CT molecular complexity index is 1990. The molecule has 0 aliphatic carbocycles. The van der Waals surface area contributed by atoms with Crippen LogP contribution in [0.5, 0.6) is 5.75 Å². The Balaban J connectivity index is 0.854. The van der Waals surface area contributed by atoms with Crippen molar-refractivity contribution in [3.8, 4) is 17.0 Å². The van der Waals surface area contributed by atoms with Gasteiger partial charge in [-0.2, -0.15) is 5.10 Å². The number of H-pyrrole nitrogens is 1. The summed E-state index contributed by atoms with van der Waals surface area (Å²) in [5.74, 6) is 1.77. The number of benzene rings is 1. The Labute approximate surface area is 324 Å². The Kier molecular flexibility index (Phi) is 10.6. The van der Waals surface area contributed by atoms with Crippen LogP contribution in [0.2, 0.25) is 10.0 Å². The quantitative estimate of drug-likeness (QED) is 0.169. The largest absolute Gasteiger partial charge is 0.486 e. The highest BCUT2D eigenvalue weighted by Crippen LogP contribution is 2.43. The average Bonchev–Trinajstić information content (AvgIpc) is 3.51. The number of hydrogen-bond donors (Lipinski definition) is 2. The van der Waals surface area contributed by atoms with Gasteiger partial charge in [0.1, 0.15) is 29.0 Å². The topological polar surface area (TPSA) is 146 Å². The van der Waals surface area contributed by atoms with Gasteiger partial charge in [0, 0.05) is 98.7 Å². The normalized spacial score (nSPS) is 17.6. The zero-order valence-corrected chi connectivity index (χ0v) is 32.5. The lowest BCUT2D eigenvalue weighted by Crippen LogP contribution is -2.73. The highest BCUT2D eigenvalue weighted by atomic mass is 35.5. The third-order valence-electron chi connectivity index (χ3n) is 10.3. The second-order valence-corrected chi connectivity index (χ2v) is 16.5. The van der Waals surface area contributed by atoms with E-state index in [1.165, 1.54) is 0 Å². The van der Waals surface area contributed by atoms with Gasteiger partial charge in [0.25, 0.3) is 0 Å². The van der Waals surface area contributed by atoms with Gasteiger partial charge in [-0.3, -0.25) is 19.7 Å². The fourth-order valence-corrected chi connectivity index (χ4v) is 8.33. The Hall–Kier alpha value is -4.62. The minimum Gasteiger partial charge on any atom is -0.486 e. The number of likely N-dealkylation sites (tertiary alicyclic amines) is 2. The lowest BCUT2D eigenvalue weighted by atomic mass is 9.72. The number of fused-ring (bicyclic) bond motifs is 1. The molecule has 4 aromatic rings. The average molecular weight is 778 g/mol. The number of nitrogens with zero attached hydrogens (tertiary/aromatic N) is 6. The van der Waals surface area contributed by atoms with Crippen LogP contribution in [0.15, 0.2) is 48.9 Å². The first kappa shape index (κ1) is 37.7. The van der Waals surface area contributed by atoms with Crippen LogP contribution in [0.3, 0.4) is 0 Å². The van der Waals surface area contributed by atoms with Crippen LogP contribution >= 0.6 is 23.2 Å². The van der Waals surface area contributed by atoms with Crippen molar-refractivity contribution in [2.24, 2.45) is 11.3 Å². The van der Waals surface area contributed by atoms with Gasteiger partial charge in [-0.05, 0) is 77.3 Å². The number of anilines is 1. The number of carbonyl (C=O) groups is 3. The summed E-state index contributed by atoms with van der Waals surface area (Å²) in [7, 11) is 0. The molecule has 0 saturated carbocycles. The molecule has 3 aromatic heterocycles. The summed E-state index contributed by atoms with van der Waals surface area (Å²) < 4.78 is 11.5. The molecule has 3 amide bonds. The highest BCUT2D eigenvalue weighted by molar-refractivity contribution is 6.35. The molecular weight excluding hydrogens is 731 g/mol. The third kappa shape index (κ3) is 8.22. The molecule has 13 nitrogen and oxygen atoms in total. The number of piperidine rings is 1. The van der Waals surface area contributed by atoms with Gasteiger partial charge in [-0.1, -0.05) is 23.2 Å². The summed E-state index contributed by atoms with van der Waals surface area (Å²) in [6.45, 7) is 12.1. The van der Waals surface area contributed by atoms with Crippen LogP contribution in [-0.4, -0.2) is 99.3 Å². The van der Waals surface area contributed by atoms with E-state index in [1.54, 1.807) is 12.4 Å². The molecule has 286 valence electrons. The molecule has 6 heterocycles. The van der Waals surface area contributed by atoms with E-state index in [4.69, 9.17) is 37.7 Å². The van der Waals surface area contributed by atoms with Gasteiger partial charge < -0.3 is 29.5 Å². The SMILES string of the molecule is C[C@@H](Oc1ccc2[nH]nc(-c3ccc(N4CC5(CN(C(=O)C6CCN(C(=O)CCCNC(=O)OC(C)(C)C)CC6)C5)C4)nc3)c2c1)c1c(Cl)cncc1Cl. The summed E-state index contributed by atoms with van der Waals surface area (Å²) in [4.78, 5) is 52.7. The number of aromatic amines is 1. The standard InChI is InChI=1S/C39H46Cl2N8O5/c1-24(34-29(40)18-42-19-30(34)41)53-27-8-9-31-28(16-27)35(46-45-31)26-7-10-32(44-17-26)48-20-39(21-48)22-49(23-39)36(51)25-11-14-47(15-12-25)33(50)6-5-13-43-37(52)54-38(2,3)4/h7-10,16-19,24-25H,5-6,11-15,20-23H2,1-4H3,(H,43,52)(H,45,46)/t24-/m1/s1. The van der Waals surface area contributed by atoms with E-state index in [9.17, 15) is 14.4 Å². The summed E-state index contributed by atoms with van der Waals surface area (Å²) in [5, 5.41) is 12.2. The van der Waals surface area contributed by atoms with Gasteiger partial charge in [0.05, 0.1) is 15.6 Å². The number of aromatic nitrogens is 4. The molecule has 3 aliphatic heterocycles. The van der Waals surface area contributed by atoms with Crippen molar-refractivity contribution in [3.05, 3.63) is 64.5 Å². The lowest BCUT2D eigenvalue weighted by molar-refractivity contribution is -0.152. The molecular formula is C39H46Cl2N8O5. The number of amides is 3. The summed E-state index contributed by atoms with van der Waals surface area (Å²) in [6, 6.07) is 9.81. The second-order valence-electron chi connectivity index (χ2n) is 15.7. The fraction of sp³-hybridized carbons (Fsp3) is 0.487. The number of hydrogen-bond acceptors (Lipinski definition) is 9. The van der Waals surface area contributed by atoms with E-state index in [-0.39, 0.29) is 23.1 Å². The number of rotatable bonds is 10. The van der Waals surface area contributed by atoms with Gasteiger partial charge >= 0.3 is 6.09 Å². The third-order valence-corrected chi connectivity index (χ3v) is 10.9. The summed E-state index contributed by atoms with van der Waals surface area (Å²) >= 11 is 12.7. The molecule has 1 spiro atoms. The van der Waals surface area contributed by atoms with Crippen molar-refractivity contribution >= 4 is 57.8 Å². The fourth-order valence-electron chi connectivity index (χ4n) is 7.65. The van der Waals surface area contributed by atoms with Crippen molar-refractivity contribution in [2.75, 3.05) is 50.7 Å². The number of nitrogens with one attached hydrogen (secondary N) is 2. The molecule has 0 radical (unpaired) electrons. The second kappa shape index (κ2) is 15.3. The zero-order valence-electron chi connectivity index (χ0n) is 31.0. The monoisotopic (exact) mass is 776 g/mol. The summed E-state index contributed by atoms with van der Waals surface area (Å²) in [5.41, 5.74) is 2.77. The molecule has 54 heavy (non-hydrogen) atoms. The van der Waals surface area contributed by atoms with Crippen LogP contribution < -0.4 is 15.0 Å². The van der Waals surface area contributed by atoms with Crippen LogP contribution in [0.1, 0.15) is 65.0 Å². The molecule has 1 aromatic carbocycles. The predicted molar refractivity (Wildman–Crippen MR) is 207 cm³/mol. The summed E-state index contributed by atoms with van der Waals surface area (Å²) in [6.07, 6.45) is 6.35. The molecule has 0 bridgehead atoms. The van der Waals surface area contributed by atoms with E-state index >= 15 is 0 Å². The maximum absolute atomic E-state index is 13.3. The molecule has 0 unspecified atom stereocenters. The Morgan fingerprint density at radius 1 is 1.00 bits per heavy atom. The minimum absolute atomic E-state index is 0.0480. The predicted octanol–water partition coefficient (Wildman–Crippen LogP) is 6.66. The van der Waals surface area contributed by atoms with E-state index in [0.29, 0.717) is 66.7 Å². The van der Waals surface area contributed by atoms with E-state index in [1.807, 2.05) is 74.0 Å². The first-order valence-electron chi connectivity index (χ1n) is 18.5. The zero-order chi connectivity index (χ0) is 38.2. The molecule has 2 N–H and O–H groups in total. The molecule has 3 fully saturated rings. The van der Waals surface area contributed by atoms with Crippen LogP contribution in [0.25, 0.3) is 22.2 Å². The molecule has 3 aliphatic rings. The van der Waals surface area contributed by atoms with E-state index in [2.05, 4.69) is 25.4 Å². The Morgan fingerprint density at radius 2 is 1.72 bits per heavy atom. The van der Waals surface area contributed by atoms with Gasteiger partial charge in [0.2, 0.25) is 11.8 Å². The van der Waals surface area contributed by atoms with Crippen molar-refractivity contribution in [1.82, 2.24) is 35.3 Å². The smallest absolute Gasteiger partial charge is 0.407 e. The Morgan fingerprint density at radius 3 is 2.39 bits per heavy atom. The van der Waals surface area contributed by atoms with Crippen molar-refractivity contribution < 1.29 is 23.9 Å². The van der Waals surface area contributed by atoms with Crippen LogP contribution in [0.4, 0.5) is 10.6 Å². The van der Waals surface area contributed by atoms with Gasteiger partial charge in [0.15, 0.2) is 0 Å². The first-order chi connectivity index (χ1) is 25.8. The van der Waals surface area contributed by atoms with Crippen LogP contribution in [-0.2, 0) is 14.3 Å². The van der Waals surface area contributed by atoms with E-state index in [0.717, 1.165) is 54.2 Å². The van der Waals surface area contributed by atoms with Crippen molar-refractivity contribution in [1.29, 1.82) is 0 Å². The van der Waals surface area contributed by atoms with Crippen molar-refractivity contribution in [3.63, 3.8) is 0 Å². The minimum atomic E-state index is -0.557. The lowest BCUT2D eigenvalue weighted by Gasteiger charge is -2.61. The maximum Gasteiger partial charge on any atom is 0.407 e. The maximum atomic E-state index is 13.3. The number of pyridine rings is 2. The van der Waals surface area contributed by atoms with Gasteiger partial charge in [-0.15, -0.1) is 0 Å². The van der Waals surface area contributed by atoms with E-state index < -0.39 is 17.8 Å². The molecule has 15 heteroatoms.